The third-order valence-corrected chi connectivity index (χ3v) is 1.82. The van der Waals surface area contributed by atoms with Gasteiger partial charge in [-0.15, -0.1) is 0 Å². The summed E-state index contributed by atoms with van der Waals surface area (Å²) >= 11 is 0. The zero-order valence-electron chi connectivity index (χ0n) is 9.86. The molecule has 2 amide bonds. The van der Waals surface area contributed by atoms with Gasteiger partial charge in [-0.05, 0) is 13.8 Å². The molecule has 0 aromatic carbocycles. The van der Waals surface area contributed by atoms with Gasteiger partial charge in [0.2, 0.25) is 0 Å². The van der Waals surface area contributed by atoms with Crippen LogP contribution < -0.4 is 5.32 Å². The van der Waals surface area contributed by atoms with Gasteiger partial charge in [0.1, 0.15) is 13.1 Å². The van der Waals surface area contributed by atoms with E-state index in [2.05, 4.69) is 10.1 Å². The molecule has 0 aliphatic heterocycles. The van der Waals surface area contributed by atoms with Crippen molar-refractivity contribution in [3.05, 3.63) is 0 Å². The van der Waals surface area contributed by atoms with E-state index in [1.54, 1.807) is 19.9 Å². The summed E-state index contributed by atoms with van der Waals surface area (Å²) in [7, 11) is 0. The van der Waals surface area contributed by atoms with E-state index >= 15 is 0 Å². The molecular weight excluding hydrogens is 226 g/mol. The monoisotopic (exact) mass is 241 g/mol. The lowest BCUT2D eigenvalue weighted by atomic mass is 10.4. The quantitative estimate of drug-likeness (QED) is 0.379. The van der Waals surface area contributed by atoms with E-state index in [0.717, 1.165) is 4.90 Å². The Bertz CT molecular complexity index is 335. The summed E-state index contributed by atoms with van der Waals surface area (Å²) in [5.41, 5.74) is 0. The molecule has 0 aromatic heterocycles. The Labute approximate surface area is 99.3 Å². The zero-order chi connectivity index (χ0) is 13.3. The van der Waals surface area contributed by atoms with Crippen molar-refractivity contribution in [3.8, 4) is 6.07 Å². The first-order valence-corrected chi connectivity index (χ1v) is 5.16. The van der Waals surface area contributed by atoms with Gasteiger partial charge in [-0.25, -0.2) is 0 Å². The van der Waals surface area contributed by atoms with E-state index in [-0.39, 0.29) is 26.2 Å². The van der Waals surface area contributed by atoms with Crippen LogP contribution in [0, 0.1) is 11.3 Å². The predicted octanol–water partition coefficient (Wildman–Crippen LogP) is -0.962. The fraction of sp³-hybridized carbons (Fsp3) is 0.600. The molecule has 0 rings (SSSR count). The number of ether oxygens (including phenoxy) is 1. The molecule has 0 spiro atoms. The summed E-state index contributed by atoms with van der Waals surface area (Å²) in [6, 6.07) is 1.68. The van der Waals surface area contributed by atoms with Crippen molar-refractivity contribution in [1.29, 1.82) is 5.26 Å². The molecule has 17 heavy (non-hydrogen) atoms. The van der Waals surface area contributed by atoms with Gasteiger partial charge < -0.3 is 15.0 Å². The van der Waals surface area contributed by atoms with Gasteiger partial charge in [0, 0.05) is 6.54 Å². The predicted molar refractivity (Wildman–Crippen MR) is 57.5 cm³/mol. The lowest BCUT2D eigenvalue weighted by Gasteiger charge is -2.18. The first-order chi connectivity index (χ1) is 8.06. The molecule has 94 valence electrons. The van der Waals surface area contributed by atoms with Gasteiger partial charge in [0.15, 0.2) is 0 Å². The summed E-state index contributed by atoms with van der Waals surface area (Å²) < 4.78 is 4.67. The fourth-order valence-electron chi connectivity index (χ4n) is 1.03. The normalized spacial score (nSPS) is 9.00. The number of nitriles is 1. The van der Waals surface area contributed by atoms with Crippen molar-refractivity contribution in [2.75, 3.05) is 26.2 Å². The third-order valence-electron chi connectivity index (χ3n) is 1.82. The highest BCUT2D eigenvalue weighted by Crippen LogP contribution is 1.92. The number of esters is 1. The smallest absolute Gasteiger partial charge is 0.325 e. The van der Waals surface area contributed by atoms with Gasteiger partial charge in [-0.2, -0.15) is 5.26 Å². The Morgan fingerprint density at radius 2 is 2.00 bits per heavy atom. The second-order valence-electron chi connectivity index (χ2n) is 2.97. The van der Waals surface area contributed by atoms with Gasteiger partial charge in [0.05, 0.1) is 12.7 Å². The fourth-order valence-corrected chi connectivity index (χ4v) is 1.03. The zero-order valence-corrected chi connectivity index (χ0v) is 9.86. The molecule has 7 heteroatoms. The summed E-state index contributed by atoms with van der Waals surface area (Å²) in [5, 5.41) is 10.4. The van der Waals surface area contributed by atoms with Crippen LogP contribution in [-0.4, -0.2) is 48.9 Å². The molecule has 0 aliphatic carbocycles. The average molecular weight is 241 g/mol. The van der Waals surface area contributed by atoms with Crippen molar-refractivity contribution in [1.82, 2.24) is 10.2 Å². The molecule has 0 unspecified atom stereocenters. The Balaban J connectivity index is 4.35. The SMILES string of the molecule is CCOC(=O)CN(CC)C(=O)C(=O)NCC#N. The maximum atomic E-state index is 11.5. The minimum absolute atomic E-state index is 0.206. The lowest BCUT2D eigenvalue weighted by Crippen LogP contribution is -2.45. The highest BCUT2D eigenvalue weighted by atomic mass is 16.5. The third kappa shape index (κ3) is 5.51. The van der Waals surface area contributed by atoms with Crippen molar-refractivity contribution in [2.45, 2.75) is 13.8 Å². The molecule has 0 radical (unpaired) electrons. The summed E-state index contributed by atoms with van der Waals surface area (Å²) in [6.07, 6.45) is 0. The molecule has 1 N–H and O–H groups in total. The van der Waals surface area contributed by atoms with Crippen LogP contribution in [-0.2, 0) is 19.1 Å². The van der Waals surface area contributed by atoms with Gasteiger partial charge in [0.25, 0.3) is 0 Å². The average Bonchev–Trinajstić information content (AvgIpc) is 2.32. The molecule has 0 saturated carbocycles. The van der Waals surface area contributed by atoms with E-state index in [4.69, 9.17) is 5.26 Å². The number of amides is 2. The molecule has 0 fully saturated rings. The lowest BCUT2D eigenvalue weighted by molar-refractivity contribution is -0.152. The molecular formula is C10H15N3O4. The Kier molecular flexibility index (Phi) is 7.10. The summed E-state index contributed by atoms with van der Waals surface area (Å²) in [5.74, 6) is -2.33. The molecule has 7 nitrogen and oxygen atoms in total. The molecule has 0 bridgehead atoms. The van der Waals surface area contributed by atoms with Crippen molar-refractivity contribution < 1.29 is 19.1 Å². The van der Waals surface area contributed by atoms with E-state index in [0.29, 0.717) is 0 Å². The minimum Gasteiger partial charge on any atom is -0.465 e. The maximum absolute atomic E-state index is 11.5. The molecule has 0 aromatic rings. The van der Waals surface area contributed by atoms with E-state index < -0.39 is 17.8 Å². The number of nitrogens with one attached hydrogen (secondary N) is 1. The number of carbonyl (C=O) groups is 3. The van der Waals surface area contributed by atoms with E-state index in [9.17, 15) is 14.4 Å². The molecule has 0 heterocycles. The molecule has 0 saturated heterocycles. The highest BCUT2D eigenvalue weighted by molar-refractivity contribution is 6.35. The summed E-state index contributed by atoms with van der Waals surface area (Å²) in [6.45, 7) is 3.18. The minimum atomic E-state index is -0.905. The Morgan fingerprint density at radius 3 is 2.47 bits per heavy atom. The number of rotatable bonds is 5. The maximum Gasteiger partial charge on any atom is 0.325 e. The van der Waals surface area contributed by atoms with Gasteiger partial charge in [-0.1, -0.05) is 0 Å². The Hall–Kier alpha value is -2.10. The molecule has 0 aliphatic rings. The number of carbonyl (C=O) groups excluding carboxylic acids is 3. The van der Waals surface area contributed by atoms with E-state index in [1.165, 1.54) is 0 Å². The van der Waals surface area contributed by atoms with E-state index in [1.807, 2.05) is 0 Å². The largest absolute Gasteiger partial charge is 0.465 e. The van der Waals surface area contributed by atoms with Crippen molar-refractivity contribution in [2.24, 2.45) is 0 Å². The molecule has 0 atom stereocenters. The highest BCUT2D eigenvalue weighted by Gasteiger charge is 2.22. The standard InChI is InChI=1S/C10H15N3O4/c1-3-13(7-8(14)17-4-2)10(16)9(15)12-6-5-11/h3-4,6-7H2,1-2H3,(H,12,15). The number of likely N-dealkylation sites (N-methyl/N-ethyl adjacent to an activating group) is 1. The van der Waals surface area contributed by atoms with Crippen LogP contribution in [0.2, 0.25) is 0 Å². The van der Waals surface area contributed by atoms with Crippen LogP contribution in [0.4, 0.5) is 0 Å². The second kappa shape index (κ2) is 8.10. The van der Waals surface area contributed by atoms with Crippen LogP contribution in [0.1, 0.15) is 13.8 Å². The van der Waals surface area contributed by atoms with Gasteiger partial charge in [-0.3, -0.25) is 14.4 Å². The van der Waals surface area contributed by atoms with Gasteiger partial charge >= 0.3 is 17.8 Å². The topological polar surface area (TPSA) is 99.5 Å². The van der Waals surface area contributed by atoms with Crippen LogP contribution in [0.25, 0.3) is 0 Å². The van der Waals surface area contributed by atoms with Crippen LogP contribution >= 0.6 is 0 Å². The van der Waals surface area contributed by atoms with Crippen LogP contribution in [0.3, 0.4) is 0 Å². The first kappa shape index (κ1) is 14.9. The van der Waals surface area contributed by atoms with Crippen LogP contribution in [0.5, 0.6) is 0 Å². The number of hydrogen-bond acceptors (Lipinski definition) is 5. The first-order valence-electron chi connectivity index (χ1n) is 5.16. The van der Waals surface area contributed by atoms with Crippen molar-refractivity contribution in [3.63, 3.8) is 0 Å². The second-order valence-corrected chi connectivity index (χ2v) is 2.97. The number of nitrogens with zero attached hydrogens (tertiary/aromatic N) is 2. The van der Waals surface area contributed by atoms with Crippen molar-refractivity contribution >= 4 is 17.8 Å². The van der Waals surface area contributed by atoms with Crippen LogP contribution in [0.15, 0.2) is 0 Å². The summed E-state index contributed by atoms with van der Waals surface area (Å²) in [4.78, 5) is 35.0. The number of hydrogen-bond donors (Lipinski definition) is 1. The Morgan fingerprint density at radius 1 is 1.35 bits per heavy atom.